The van der Waals surface area contributed by atoms with E-state index in [1.165, 1.54) is 17.3 Å². The van der Waals surface area contributed by atoms with E-state index >= 15 is 0 Å². The van der Waals surface area contributed by atoms with E-state index in [0.29, 0.717) is 29.2 Å². The zero-order valence-corrected chi connectivity index (χ0v) is 21.1. The van der Waals surface area contributed by atoms with Crippen LogP contribution in [0.5, 0.6) is 0 Å². The van der Waals surface area contributed by atoms with Crippen molar-refractivity contribution >= 4 is 23.4 Å². The number of nitrogens with zero attached hydrogens (tertiary/aromatic N) is 5. The molecule has 5 rings (SSSR count). The van der Waals surface area contributed by atoms with Crippen LogP contribution >= 0.6 is 11.8 Å². The lowest BCUT2D eigenvalue weighted by atomic mass is 10.1. The van der Waals surface area contributed by atoms with Gasteiger partial charge >= 0.3 is 0 Å². The summed E-state index contributed by atoms with van der Waals surface area (Å²) in [6, 6.07) is 19.8. The molecule has 0 spiro atoms. The van der Waals surface area contributed by atoms with Crippen LogP contribution in [0.3, 0.4) is 0 Å². The van der Waals surface area contributed by atoms with Gasteiger partial charge in [-0.1, -0.05) is 66.4 Å². The van der Waals surface area contributed by atoms with Gasteiger partial charge in [-0.3, -0.25) is 14.3 Å². The molecule has 8 nitrogen and oxygen atoms in total. The molecule has 1 saturated carbocycles. The molecule has 0 aliphatic heterocycles. The molecule has 2 unspecified atom stereocenters. The van der Waals surface area contributed by atoms with E-state index in [1.807, 2.05) is 54.0 Å². The number of carbonyl (C=O) groups excluding carboxylic acids is 1. The molecule has 0 bridgehead atoms. The number of anilines is 1. The molecule has 1 aliphatic rings. The van der Waals surface area contributed by atoms with Crippen molar-refractivity contribution in [3.05, 3.63) is 101 Å². The zero-order chi connectivity index (χ0) is 25.2. The van der Waals surface area contributed by atoms with Crippen molar-refractivity contribution in [2.75, 3.05) is 11.1 Å². The monoisotopic (exact) mass is 500 g/mol. The maximum absolute atomic E-state index is 13.1. The van der Waals surface area contributed by atoms with E-state index in [-0.39, 0.29) is 22.9 Å². The molecule has 0 radical (unpaired) electrons. The largest absolute Gasteiger partial charge is 0.319 e. The summed E-state index contributed by atoms with van der Waals surface area (Å²) in [7, 11) is 1.80. The first-order chi connectivity index (χ1) is 17.5. The Hall–Kier alpha value is -3.85. The van der Waals surface area contributed by atoms with Crippen LogP contribution < -0.4 is 10.9 Å². The van der Waals surface area contributed by atoms with Gasteiger partial charge in [0, 0.05) is 19.5 Å². The number of benzene rings is 2. The minimum Gasteiger partial charge on any atom is -0.319 e. The average molecular weight is 501 g/mol. The topological polar surface area (TPSA) is 86.7 Å². The highest BCUT2D eigenvalue weighted by Crippen LogP contribution is 2.54. The highest BCUT2D eigenvalue weighted by Gasteiger charge is 2.43. The van der Waals surface area contributed by atoms with Crippen LogP contribution in [0.1, 0.15) is 35.3 Å². The molecule has 2 heterocycles. The van der Waals surface area contributed by atoms with E-state index in [4.69, 9.17) is 0 Å². The standard InChI is InChI=1S/C27H28N6O2S/c1-4-15-32-25(22-16-21(22)19-11-7-5-8-12-19)29-30-27(32)36-17-23(34)28-24-18(2)31(3)33(26(24)35)20-13-9-6-10-14-20/h4-14,21-22H,1,15-17H2,2-3H3,(H,28,34). The molecule has 9 heteroatoms. The number of allylic oxidation sites excluding steroid dienone is 1. The number of carbonyl (C=O) groups is 1. The molecule has 2 atom stereocenters. The molecule has 2 aromatic heterocycles. The molecule has 1 amide bonds. The minimum atomic E-state index is -0.269. The number of hydrogen-bond acceptors (Lipinski definition) is 5. The van der Waals surface area contributed by atoms with Gasteiger partial charge in [0.15, 0.2) is 5.16 Å². The van der Waals surface area contributed by atoms with Crippen molar-refractivity contribution < 1.29 is 4.79 Å². The first-order valence-electron chi connectivity index (χ1n) is 11.8. The Morgan fingerprint density at radius 3 is 2.50 bits per heavy atom. The first kappa shape index (κ1) is 23.9. The average Bonchev–Trinajstić information content (AvgIpc) is 3.55. The number of para-hydroxylation sites is 1. The van der Waals surface area contributed by atoms with Crippen LogP contribution in [-0.2, 0) is 18.4 Å². The van der Waals surface area contributed by atoms with Crippen molar-refractivity contribution in [2.24, 2.45) is 7.05 Å². The van der Waals surface area contributed by atoms with Crippen LogP contribution in [0.4, 0.5) is 5.69 Å². The Balaban J connectivity index is 1.29. The fraction of sp³-hybridized carbons (Fsp3) is 0.259. The lowest BCUT2D eigenvalue weighted by molar-refractivity contribution is -0.113. The summed E-state index contributed by atoms with van der Waals surface area (Å²) in [4.78, 5) is 25.9. The van der Waals surface area contributed by atoms with Gasteiger partial charge in [0.1, 0.15) is 11.5 Å². The normalized spacial score (nSPS) is 16.6. The van der Waals surface area contributed by atoms with Gasteiger partial charge in [-0.2, -0.15) is 0 Å². The van der Waals surface area contributed by atoms with Gasteiger partial charge in [-0.15, -0.1) is 16.8 Å². The van der Waals surface area contributed by atoms with E-state index < -0.39 is 0 Å². The molecule has 1 fully saturated rings. The molecular formula is C27H28N6O2S. The third-order valence-corrected chi connectivity index (χ3v) is 7.52. The van der Waals surface area contributed by atoms with Crippen LogP contribution in [-0.4, -0.2) is 35.8 Å². The maximum atomic E-state index is 13.1. The van der Waals surface area contributed by atoms with Crippen molar-refractivity contribution in [3.63, 3.8) is 0 Å². The van der Waals surface area contributed by atoms with Gasteiger partial charge in [0.2, 0.25) is 5.91 Å². The summed E-state index contributed by atoms with van der Waals surface area (Å²) in [6.45, 7) is 6.26. The molecule has 0 saturated heterocycles. The fourth-order valence-corrected chi connectivity index (χ4v) is 5.30. The minimum absolute atomic E-state index is 0.112. The summed E-state index contributed by atoms with van der Waals surface area (Å²) in [5.74, 6) is 1.52. The number of rotatable bonds is 9. The van der Waals surface area contributed by atoms with Gasteiger partial charge in [-0.05, 0) is 37.0 Å². The second kappa shape index (κ2) is 10.0. The lowest BCUT2D eigenvalue weighted by Gasteiger charge is -2.08. The van der Waals surface area contributed by atoms with Crippen molar-refractivity contribution in [1.82, 2.24) is 24.1 Å². The summed E-state index contributed by atoms with van der Waals surface area (Å²) in [5, 5.41) is 12.3. The quantitative estimate of drug-likeness (QED) is 0.274. The molecule has 4 aromatic rings. The summed E-state index contributed by atoms with van der Waals surface area (Å²) < 4.78 is 5.32. The fourth-order valence-electron chi connectivity index (χ4n) is 4.55. The van der Waals surface area contributed by atoms with E-state index in [0.717, 1.165) is 17.9 Å². The molecule has 2 aromatic carbocycles. The van der Waals surface area contributed by atoms with Gasteiger partial charge in [-0.25, -0.2) is 4.68 Å². The van der Waals surface area contributed by atoms with E-state index in [9.17, 15) is 9.59 Å². The Kier molecular flexibility index (Phi) is 6.65. The summed E-state index contributed by atoms with van der Waals surface area (Å²) in [5.41, 5.74) is 2.74. The van der Waals surface area contributed by atoms with Gasteiger partial charge < -0.3 is 9.88 Å². The SMILES string of the molecule is C=CCn1c(SCC(=O)Nc2c(C)n(C)n(-c3ccccc3)c2=O)nnc1C1CC1c1ccccc1. The van der Waals surface area contributed by atoms with Crippen molar-refractivity contribution in [1.29, 1.82) is 0 Å². The molecular weight excluding hydrogens is 472 g/mol. The zero-order valence-electron chi connectivity index (χ0n) is 20.3. The molecule has 1 N–H and O–H groups in total. The Morgan fingerprint density at radius 1 is 1.11 bits per heavy atom. The van der Waals surface area contributed by atoms with Crippen LogP contribution in [0.15, 0.2) is 83.3 Å². The number of nitrogens with one attached hydrogen (secondary N) is 1. The van der Waals surface area contributed by atoms with Gasteiger partial charge in [0.05, 0.1) is 17.1 Å². The van der Waals surface area contributed by atoms with Crippen molar-refractivity contribution in [2.45, 2.75) is 36.9 Å². The second-order valence-corrected chi connectivity index (χ2v) is 9.82. The maximum Gasteiger partial charge on any atom is 0.295 e. The Bertz CT molecular complexity index is 1450. The number of hydrogen-bond donors (Lipinski definition) is 1. The molecule has 1 aliphatic carbocycles. The number of aromatic nitrogens is 5. The van der Waals surface area contributed by atoms with E-state index in [1.54, 1.807) is 16.4 Å². The number of amides is 1. The van der Waals surface area contributed by atoms with Crippen LogP contribution in [0.2, 0.25) is 0 Å². The van der Waals surface area contributed by atoms with Crippen LogP contribution in [0.25, 0.3) is 5.69 Å². The second-order valence-electron chi connectivity index (χ2n) is 8.87. The predicted octanol–water partition coefficient (Wildman–Crippen LogP) is 4.26. The van der Waals surface area contributed by atoms with E-state index in [2.05, 4.69) is 46.4 Å². The first-order valence-corrected chi connectivity index (χ1v) is 12.8. The smallest absolute Gasteiger partial charge is 0.295 e. The predicted molar refractivity (Wildman–Crippen MR) is 142 cm³/mol. The molecule has 36 heavy (non-hydrogen) atoms. The summed E-state index contributed by atoms with van der Waals surface area (Å²) in [6.07, 6.45) is 2.85. The van der Waals surface area contributed by atoms with Gasteiger partial charge in [0.25, 0.3) is 5.56 Å². The lowest BCUT2D eigenvalue weighted by Crippen LogP contribution is -2.23. The van der Waals surface area contributed by atoms with Crippen LogP contribution in [0, 0.1) is 6.92 Å². The molecule has 184 valence electrons. The Morgan fingerprint density at radius 2 is 1.81 bits per heavy atom. The number of thioether (sulfide) groups is 1. The third kappa shape index (κ3) is 4.54. The highest BCUT2D eigenvalue weighted by molar-refractivity contribution is 7.99. The Labute approximate surface area is 213 Å². The highest BCUT2D eigenvalue weighted by atomic mass is 32.2. The third-order valence-electron chi connectivity index (χ3n) is 6.56. The van der Waals surface area contributed by atoms with Crippen molar-refractivity contribution in [3.8, 4) is 5.69 Å². The summed E-state index contributed by atoms with van der Waals surface area (Å²) >= 11 is 1.31.